The number of piperazine rings is 1. The average Bonchev–Trinajstić information content (AvgIpc) is 2.39. The van der Waals surface area contributed by atoms with E-state index < -0.39 is 6.10 Å². The Labute approximate surface area is 118 Å². The maximum atomic E-state index is 11.9. The van der Waals surface area contributed by atoms with Crippen molar-refractivity contribution in [3.05, 3.63) is 34.9 Å². The maximum Gasteiger partial charge on any atom is 0.242 e. The van der Waals surface area contributed by atoms with Gasteiger partial charge in [0, 0.05) is 7.05 Å². The molecule has 1 heterocycles. The molecule has 2 amide bonds. The fraction of sp³-hybridized carbons (Fsp3) is 0.467. The molecule has 1 atom stereocenters. The number of hydrogen-bond donors (Lipinski definition) is 1. The molecular formula is C15H20N2O3. The van der Waals surface area contributed by atoms with Crippen molar-refractivity contribution in [1.29, 1.82) is 0 Å². The Morgan fingerprint density at radius 3 is 2.50 bits per heavy atom. The molecule has 1 aliphatic heterocycles. The van der Waals surface area contributed by atoms with E-state index in [9.17, 15) is 14.7 Å². The van der Waals surface area contributed by atoms with Crippen LogP contribution in [0.4, 0.5) is 0 Å². The molecule has 0 aromatic heterocycles. The van der Waals surface area contributed by atoms with E-state index in [0.717, 1.165) is 16.7 Å². The molecule has 5 heteroatoms. The quantitative estimate of drug-likeness (QED) is 0.881. The summed E-state index contributed by atoms with van der Waals surface area (Å²) in [4.78, 5) is 26.3. The fourth-order valence-electron chi connectivity index (χ4n) is 2.22. The molecule has 1 N–H and O–H groups in total. The third-order valence-corrected chi connectivity index (χ3v) is 3.79. The normalized spacial score (nSPS) is 17.6. The molecule has 1 saturated heterocycles. The summed E-state index contributed by atoms with van der Waals surface area (Å²) in [6.45, 7) is 4.26. The highest BCUT2D eigenvalue weighted by atomic mass is 16.3. The summed E-state index contributed by atoms with van der Waals surface area (Å²) in [5.41, 5.74) is 3.03. The molecule has 0 saturated carbocycles. The molecule has 2 rings (SSSR count). The number of carbonyl (C=O) groups excluding carboxylic acids is 2. The van der Waals surface area contributed by atoms with Gasteiger partial charge in [-0.05, 0) is 30.5 Å². The zero-order valence-electron chi connectivity index (χ0n) is 12.1. The van der Waals surface area contributed by atoms with Crippen molar-refractivity contribution in [3.63, 3.8) is 0 Å². The van der Waals surface area contributed by atoms with Gasteiger partial charge in [-0.3, -0.25) is 9.59 Å². The molecule has 0 aliphatic carbocycles. The van der Waals surface area contributed by atoms with Crippen molar-refractivity contribution < 1.29 is 14.7 Å². The minimum absolute atomic E-state index is 0.0389. The van der Waals surface area contributed by atoms with Crippen LogP contribution in [0, 0.1) is 13.8 Å². The van der Waals surface area contributed by atoms with Crippen molar-refractivity contribution >= 4 is 11.8 Å². The van der Waals surface area contributed by atoms with Crippen LogP contribution in [0.25, 0.3) is 0 Å². The number of likely N-dealkylation sites (N-methyl/N-ethyl adjacent to an activating group) is 1. The number of aliphatic hydroxyl groups is 1. The van der Waals surface area contributed by atoms with Crippen molar-refractivity contribution in [2.75, 3.05) is 26.7 Å². The second-order valence-corrected chi connectivity index (χ2v) is 5.38. The molecule has 1 aromatic rings. The molecule has 5 nitrogen and oxygen atoms in total. The predicted molar refractivity (Wildman–Crippen MR) is 75.1 cm³/mol. The van der Waals surface area contributed by atoms with E-state index in [0.29, 0.717) is 0 Å². The van der Waals surface area contributed by atoms with E-state index in [1.165, 1.54) is 9.80 Å². The first-order valence-electron chi connectivity index (χ1n) is 6.65. The Morgan fingerprint density at radius 1 is 1.15 bits per heavy atom. The molecule has 108 valence electrons. The topological polar surface area (TPSA) is 60.9 Å². The first-order chi connectivity index (χ1) is 9.38. The Hall–Kier alpha value is -1.88. The van der Waals surface area contributed by atoms with Gasteiger partial charge in [-0.25, -0.2) is 0 Å². The van der Waals surface area contributed by atoms with Crippen LogP contribution in [0.2, 0.25) is 0 Å². The van der Waals surface area contributed by atoms with Gasteiger partial charge in [0.2, 0.25) is 11.8 Å². The molecule has 0 radical (unpaired) electrons. The van der Waals surface area contributed by atoms with Gasteiger partial charge in [-0.2, -0.15) is 0 Å². The van der Waals surface area contributed by atoms with Gasteiger partial charge in [0.1, 0.15) is 0 Å². The first-order valence-corrected chi connectivity index (χ1v) is 6.65. The molecule has 1 fully saturated rings. The van der Waals surface area contributed by atoms with Crippen LogP contribution in [-0.2, 0) is 9.59 Å². The van der Waals surface area contributed by atoms with Gasteiger partial charge < -0.3 is 14.9 Å². The number of hydrogen-bond acceptors (Lipinski definition) is 3. The summed E-state index contributed by atoms with van der Waals surface area (Å²) in [5, 5.41) is 10.2. The lowest BCUT2D eigenvalue weighted by Crippen LogP contribution is -2.53. The van der Waals surface area contributed by atoms with E-state index >= 15 is 0 Å². The van der Waals surface area contributed by atoms with Crippen molar-refractivity contribution in [2.45, 2.75) is 20.0 Å². The van der Waals surface area contributed by atoms with E-state index in [-0.39, 0.29) is 31.4 Å². The Bertz CT molecular complexity index is 542. The minimum atomic E-state index is -0.769. The van der Waals surface area contributed by atoms with Gasteiger partial charge >= 0.3 is 0 Å². The standard InChI is InChI=1S/C15H20N2O3/c1-10-4-5-12(6-11(10)2)13(18)7-17-9-14(19)16(3)8-15(17)20/h4-6,13,18H,7-9H2,1-3H3. The zero-order chi connectivity index (χ0) is 14.9. The van der Waals surface area contributed by atoms with Crippen LogP contribution in [-0.4, -0.2) is 53.4 Å². The summed E-state index contributed by atoms with van der Waals surface area (Å²) in [6, 6.07) is 5.72. The predicted octanol–water partition coefficient (Wildman–Crippen LogP) is 0.637. The molecule has 0 spiro atoms. The smallest absolute Gasteiger partial charge is 0.242 e. The molecule has 20 heavy (non-hydrogen) atoms. The van der Waals surface area contributed by atoms with E-state index in [1.54, 1.807) is 7.05 Å². The van der Waals surface area contributed by atoms with Gasteiger partial charge in [0.25, 0.3) is 0 Å². The Kier molecular flexibility index (Phi) is 4.09. The van der Waals surface area contributed by atoms with Gasteiger partial charge in [0.05, 0.1) is 25.7 Å². The van der Waals surface area contributed by atoms with Crippen molar-refractivity contribution in [3.8, 4) is 0 Å². The highest BCUT2D eigenvalue weighted by Gasteiger charge is 2.29. The SMILES string of the molecule is Cc1ccc(C(O)CN2CC(=O)N(C)CC2=O)cc1C. The third kappa shape index (κ3) is 2.99. The van der Waals surface area contributed by atoms with Crippen LogP contribution in [0.15, 0.2) is 18.2 Å². The summed E-state index contributed by atoms with van der Waals surface area (Å²) < 4.78 is 0. The van der Waals surface area contributed by atoms with E-state index in [2.05, 4.69) is 0 Å². The van der Waals surface area contributed by atoms with Crippen LogP contribution in [0.5, 0.6) is 0 Å². The third-order valence-electron chi connectivity index (χ3n) is 3.79. The second-order valence-electron chi connectivity index (χ2n) is 5.38. The lowest BCUT2D eigenvalue weighted by molar-refractivity contribution is -0.150. The molecule has 1 unspecified atom stereocenters. The number of benzene rings is 1. The summed E-state index contributed by atoms with van der Waals surface area (Å²) in [6.07, 6.45) is -0.769. The number of amides is 2. The number of nitrogens with zero attached hydrogens (tertiary/aromatic N) is 2. The van der Waals surface area contributed by atoms with Gasteiger partial charge in [-0.1, -0.05) is 18.2 Å². The molecule has 0 bridgehead atoms. The summed E-state index contributed by atoms with van der Waals surface area (Å²) >= 11 is 0. The van der Waals surface area contributed by atoms with E-state index in [4.69, 9.17) is 0 Å². The highest BCUT2D eigenvalue weighted by molar-refractivity contribution is 5.92. The van der Waals surface area contributed by atoms with Gasteiger partial charge in [0.15, 0.2) is 0 Å². The number of rotatable bonds is 3. The average molecular weight is 276 g/mol. The Balaban J connectivity index is 2.07. The largest absolute Gasteiger partial charge is 0.387 e. The lowest BCUT2D eigenvalue weighted by Gasteiger charge is -2.33. The number of aliphatic hydroxyl groups excluding tert-OH is 1. The molecular weight excluding hydrogens is 256 g/mol. The van der Waals surface area contributed by atoms with Crippen LogP contribution >= 0.6 is 0 Å². The van der Waals surface area contributed by atoms with Crippen LogP contribution < -0.4 is 0 Å². The second kappa shape index (κ2) is 5.63. The van der Waals surface area contributed by atoms with Crippen LogP contribution in [0.1, 0.15) is 22.8 Å². The molecule has 1 aliphatic rings. The minimum Gasteiger partial charge on any atom is -0.387 e. The van der Waals surface area contributed by atoms with Crippen molar-refractivity contribution in [1.82, 2.24) is 9.80 Å². The molecule has 1 aromatic carbocycles. The number of β-amino-alcohol motifs (C(OH)–C–C–N with tert-alkyl or cyclic N) is 1. The summed E-state index contributed by atoms with van der Waals surface area (Å²) in [7, 11) is 1.61. The fourth-order valence-corrected chi connectivity index (χ4v) is 2.22. The van der Waals surface area contributed by atoms with Crippen LogP contribution in [0.3, 0.4) is 0 Å². The first kappa shape index (κ1) is 14.5. The van der Waals surface area contributed by atoms with Crippen molar-refractivity contribution in [2.24, 2.45) is 0 Å². The van der Waals surface area contributed by atoms with Gasteiger partial charge in [-0.15, -0.1) is 0 Å². The highest BCUT2D eigenvalue weighted by Crippen LogP contribution is 2.19. The zero-order valence-corrected chi connectivity index (χ0v) is 12.1. The van der Waals surface area contributed by atoms with E-state index in [1.807, 2.05) is 32.0 Å². The monoisotopic (exact) mass is 276 g/mol. The summed E-state index contributed by atoms with van der Waals surface area (Å²) in [5.74, 6) is -0.230. The lowest BCUT2D eigenvalue weighted by atomic mass is 10.0. The number of aryl methyl sites for hydroxylation is 2. The maximum absolute atomic E-state index is 11.9. The number of carbonyl (C=O) groups is 2. The Morgan fingerprint density at radius 2 is 1.85 bits per heavy atom.